The summed E-state index contributed by atoms with van der Waals surface area (Å²) in [7, 11) is 0. The van der Waals surface area contributed by atoms with E-state index in [1.807, 2.05) is 62.4 Å². The first-order valence-electron chi connectivity index (χ1n) is 11.7. The predicted octanol–water partition coefficient (Wildman–Crippen LogP) is 5.06. The number of nitrogens with one attached hydrogen (secondary N) is 1. The van der Waals surface area contributed by atoms with Crippen molar-refractivity contribution < 1.29 is 5.11 Å². The van der Waals surface area contributed by atoms with E-state index < -0.39 is 5.56 Å². The fourth-order valence-electron chi connectivity index (χ4n) is 4.97. The molecule has 1 aliphatic heterocycles. The first-order valence-corrected chi connectivity index (χ1v) is 11.7. The number of nitrogens with zero attached hydrogens (tertiary/aromatic N) is 1. The summed E-state index contributed by atoms with van der Waals surface area (Å²) in [6.07, 6.45) is 0. The summed E-state index contributed by atoms with van der Waals surface area (Å²) >= 11 is 0. The number of anilines is 2. The molecule has 5 heteroatoms. The number of hydrogen-bond acceptors (Lipinski definition) is 5. The van der Waals surface area contributed by atoms with E-state index in [0.29, 0.717) is 43.4 Å². The van der Waals surface area contributed by atoms with Crippen LogP contribution in [0.1, 0.15) is 16.7 Å². The Kier molecular flexibility index (Phi) is 4.93. The molecule has 4 aromatic carbocycles. The minimum atomic E-state index is -0.531. The molecule has 0 atom stereocenters. The number of benzene rings is 4. The van der Waals surface area contributed by atoms with Crippen LogP contribution in [0.5, 0.6) is 0 Å². The molecule has 0 saturated heterocycles. The van der Waals surface area contributed by atoms with Crippen LogP contribution < -0.4 is 21.5 Å². The van der Waals surface area contributed by atoms with Crippen molar-refractivity contribution in [1.29, 1.82) is 0 Å². The van der Waals surface area contributed by atoms with Crippen LogP contribution in [-0.4, -0.2) is 10.1 Å². The van der Waals surface area contributed by atoms with E-state index in [2.05, 4.69) is 10.3 Å². The zero-order chi connectivity index (χ0) is 25.0. The Labute approximate surface area is 206 Å². The molecule has 5 nitrogen and oxygen atoms in total. The number of aromatic nitrogens is 1. The molecule has 6 rings (SSSR count). The molecule has 0 bridgehead atoms. The molecule has 36 heavy (non-hydrogen) atoms. The molecule has 2 aliphatic rings. The van der Waals surface area contributed by atoms with Gasteiger partial charge in [0.2, 0.25) is 0 Å². The molecule has 0 radical (unpaired) electrons. The fourth-order valence-corrected chi connectivity index (χ4v) is 4.97. The Morgan fingerprint density at radius 1 is 0.806 bits per heavy atom. The van der Waals surface area contributed by atoms with Crippen LogP contribution in [0, 0.1) is 24.3 Å². The highest BCUT2D eigenvalue weighted by atomic mass is 16.3. The summed E-state index contributed by atoms with van der Waals surface area (Å²) in [5.74, 6) is -0.158. The lowest BCUT2D eigenvalue weighted by Gasteiger charge is -2.14. The smallest absolute Gasteiger partial charge is 0.282 e. The van der Waals surface area contributed by atoms with Crippen molar-refractivity contribution in [3.63, 3.8) is 0 Å². The van der Waals surface area contributed by atoms with Gasteiger partial charge in [0.1, 0.15) is 5.76 Å². The molecule has 174 valence electrons. The predicted molar refractivity (Wildman–Crippen MR) is 144 cm³/mol. The lowest BCUT2D eigenvalue weighted by molar-refractivity contribution is 0.506. The summed E-state index contributed by atoms with van der Waals surface area (Å²) in [5, 5.41) is 17.5. The number of aliphatic hydroxyl groups excluding tert-OH is 1. The van der Waals surface area contributed by atoms with Gasteiger partial charge in [-0.3, -0.25) is 9.59 Å². The van der Waals surface area contributed by atoms with Crippen molar-refractivity contribution in [1.82, 2.24) is 4.98 Å². The van der Waals surface area contributed by atoms with Crippen LogP contribution in [0.25, 0.3) is 27.4 Å². The molecule has 0 amide bonds. The van der Waals surface area contributed by atoms with Gasteiger partial charge in [-0.1, -0.05) is 72.3 Å². The normalized spacial score (nSPS) is 12.4. The Hall–Kier alpha value is -4.77. The zero-order valence-electron chi connectivity index (χ0n) is 19.8. The quantitative estimate of drug-likeness (QED) is 0.378. The second kappa shape index (κ2) is 8.17. The Morgan fingerprint density at radius 2 is 1.47 bits per heavy atom. The van der Waals surface area contributed by atoms with Gasteiger partial charge in [0, 0.05) is 27.1 Å². The van der Waals surface area contributed by atoms with Crippen molar-refractivity contribution in [2.24, 2.45) is 0 Å². The van der Waals surface area contributed by atoms with Crippen LogP contribution in [-0.2, 0) is 0 Å². The lowest BCUT2D eigenvalue weighted by atomic mass is 9.95. The molecule has 1 aliphatic carbocycles. The van der Waals surface area contributed by atoms with E-state index >= 15 is 0 Å². The lowest BCUT2D eigenvalue weighted by Crippen LogP contribution is -2.33. The number of aryl methyl sites for hydroxylation is 2. The summed E-state index contributed by atoms with van der Waals surface area (Å²) in [5.41, 5.74) is 3.67. The average Bonchev–Trinajstić information content (AvgIpc) is 2.89. The van der Waals surface area contributed by atoms with E-state index in [1.165, 1.54) is 0 Å². The van der Waals surface area contributed by atoms with E-state index in [9.17, 15) is 14.7 Å². The topological polar surface area (TPSA) is 79.3 Å². The van der Waals surface area contributed by atoms with Gasteiger partial charge in [-0.05, 0) is 43.0 Å². The monoisotopic (exact) mass is 470 g/mol. The van der Waals surface area contributed by atoms with Crippen molar-refractivity contribution in [2.75, 3.05) is 5.32 Å². The molecule has 0 fully saturated rings. The van der Waals surface area contributed by atoms with Gasteiger partial charge in [-0.25, -0.2) is 4.98 Å². The second-order valence-corrected chi connectivity index (χ2v) is 9.09. The molecule has 4 aromatic rings. The van der Waals surface area contributed by atoms with Crippen molar-refractivity contribution in [3.8, 4) is 0 Å². The van der Waals surface area contributed by atoms with Gasteiger partial charge < -0.3 is 10.4 Å². The van der Waals surface area contributed by atoms with Gasteiger partial charge >= 0.3 is 0 Å². The Balaban J connectivity index is 1.89. The average molecular weight is 471 g/mol. The molecule has 0 unspecified atom stereocenters. The van der Waals surface area contributed by atoms with Gasteiger partial charge in [0.15, 0.2) is 5.43 Å². The standard InChI is InChI=1S/C31H22N2O3/c1-17-12-14-20(15-13-17)32-23-16-18(2)28-26-24(21-10-6-7-11-22(21)30(35)25(23)26)27(31(36)33-28)29(34)19-8-4-3-5-9-19/h3-16,32,34H,1-2H3/b29-27+. The first-order chi connectivity index (χ1) is 17.4. The van der Waals surface area contributed by atoms with Gasteiger partial charge in [-0.15, -0.1) is 0 Å². The highest BCUT2D eigenvalue weighted by Crippen LogP contribution is 2.29. The fraction of sp³-hybridized carbons (Fsp3) is 0.0645. The van der Waals surface area contributed by atoms with Crippen LogP contribution >= 0.6 is 0 Å². The Morgan fingerprint density at radius 3 is 2.19 bits per heavy atom. The SMILES string of the molecule is Cc1ccc(Nc2cc(C)c3nc(=O)/c(=C(/O)c4ccccc4)c4c5ccccc5c(=O)c2c3=4)cc1. The maximum absolute atomic E-state index is 13.9. The number of fused-ring (bicyclic) bond motifs is 2. The zero-order valence-corrected chi connectivity index (χ0v) is 19.8. The summed E-state index contributed by atoms with van der Waals surface area (Å²) in [4.78, 5) is 31.7. The van der Waals surface area contributed by atoms with Gasteiger partial charge in [0.25, 0.3) is 5.56 Å². The molecule has 0 aromatic heterocycles. The van der Waals surface area contributed by atoms with Crippen molar-refractivity contribution in [2.45, 2.75) is 13.8 Å². The van der Waals surface area contributed by atoms with E-state index in [1.54, 1.807) is 36.4 Å². The van der Waals surface area contributed by atoms with E-state index in [0.717, 1.165) is 16.8 Å². The summed E-state index contributed by atoms with van der Waals surface area (Å²) < 4.78 is 0. The molecule has 0 spiro atoms. The highest BCUT2D eigenvalue weighted by molar-refractivity contribution is 5.96. The number of hydrogen-bond donors (Lipinski definition) is 2. The van der Waals surface area contributed by atoms with Crippen molar-refractivity contribution in [3.05, 3.63) is 138 Å². The van der Waals surface area contributed by atoms with Crippen LogP contribution in [0.4, 0.5) is 11.4 Å². The molecule has 2 N–H and O–H groups in total. The minimum Gasteiger partial charge on any atom is -0.506 e. The molecule has 1 heterocycles. The largest absolute Gasteiger partial charge is 0.506 e. The van der Waals surface area contributed by atoms with Gasteiger partial charge in [0.05, 0.1) is 21.8 Å². The minimum absolute atomic E-state index is 0.0989. The van der Waals surface area contributed by atoms with E-state index in [-0.39, 0.29) is 16.4 Å². The van der Waals surface area contributed by atoms with Crippen LogP contribution in [0.15, 0.2) is 94.5 Å². The van der Waals surface area contributed by atoms with E-state index in [4.69, 9.17) is 0 Å². The number of aliphatic hydroxyl groups is 1. The highest BCUT2D eigenvalue weighted by Gasteiger charge is 2.19. The first kappa shape index (κ1) is 21.7. The Bertz CT molecular complexity index is 2020. The third kappa shape index (κ3) is 3.28. The maximum Gasteiger partial charge on any atom is 0.282 e. The van der Waals surface area contributed by atoms with Crippen LogP contribution in [0.2, 0.25) is 0 Å². The van der Waals surface area contributed by atoms with Crippen molar-refractivity contribution >= 4 is 38.8 Å². The third-order valence-electron chi connectivity index (χ3n) is 6.70. The third-order valence-corrected chi connectivity index (χ3v) is 6.70. The summed E-state index contributed by atoms with van der Waals surface area (Å²) in [6.45, 7) is 3.89. The second-order valence-electron chi connectivity index (χ2n) is 9.09. The molecule has 0 saturated carbocycles. The van der Waals surface area contributed by atoms with Crippen LogP contribution in [0.3, 0.4) is 0 Å². The maximum atomic E-state index is 13.9. The van der Waals surface area contributed by atoms with Gasteiger partial charge in [-0.2, -0.15) is 0 Å². The molecular weight excluding hydrogens is 448 g/mol. The number of rotatable bonds is 3. The molecular formula is C31H22N2O3. The summed E-state index contributed by atoms with van der Waals surface area (Å²) in [6, 6.07) is 25.9.